The molecule has 0 aromatic rings. The first-order valence-corrected chi connectivity index (χ1v) is 9.27. The van der Waals surface area contributed by atoms with Crippen LogP contribution in [0.5, 0.6) is 0 Å². The largest absolute Gasteiger partial charge is 0.454 e. The van der Waals surface area contributed by atoms with E-state index in [-0.39, 0.29) is 22.4 Å². The molecule has 1 spiro atoms. The minimum atomic E-state index is -0.251. The van der Waals surface area contributed by atoms with Gasteiger partial charge in [0.25, 0.3) is 0 Å². The Morgan fingerprint density at radius 3 is 2.64 bits per heavy atom. The molecule has 3 fully saturated rings. The number of rotatable bonds is 1. The highest BCUT2D eigenvalue weighted by atomic mass is 16.6. The van der Waals surface area contributed by atoms with Crippen molar-refractivity contribution in [1.82, 2.24) is 0 Å². The minimum absolute atomic E-state index is 0.147. The van der Waals surface area contributed by atoms with Crippen LogP contribution in [-0.2, 0) is 9.53 Å². The molecule has 3 aliphatic carbocycles. The van der Waals surface area contributed by atoms with Gasteiger partial charge >= 0.3 is 5.97 Å². The van der Waals surface area contributed by atoms with E-state index in [0.717, 1.165) is 32.1 Å². The fraction of sp³-hybridized carbons (Fsp3) is 0.850. The third-order valence-corrected chi connectivity index (χ3v) is 7.57. The van der Waals surface area contributed by atoms with Crippen molar-refractivity contribution in [3.8, 4) is 0 Å². The molecule has 4 atom stereocenters. The Bertz CT molecular complexity index is 544. The second kappa shape index (κ2) is 4.39. The molecule has 2 heteroatoms. The van der Waals surface area contributed by atoms with Crippen LogP contribution in [0.3, 0.4) is 0 Å². The normalized spacial score (nSPS) is 45.9. The number of carbonyl (C=O) groups is 1. The fourth-order valence-electron chi connectivity index (χ4n) is 6.56. The predicted molar refractivity (Wildman–Crippen MR) is 87.3 cm³/mol. The molecule has 2 bridgehead atoms. The topological polar surface area (TPSA) is 26.3 Å². The maximum absolute atomic E-state index is 13.1. The van der Waals surface area contributed by atoms with Crippen LogP contribution >= 0.6 is 0 Å². The summed E-state index contributed by atoms with van der Waals surface area (Å²) in [6.45, 7) is 9.31. The van der Waals surface area contributed by atoms with Crippen LogP contribution in [0.4, 0.5) is 0 Å². The standard InChI is InChI=1S/C20H30O2/c1-13(2)14-6-7-16-19(12-14)11-8-15-18(3,4)9-5-10-20(15,16)17(21)22-19/h12-13,15-16H,5-11H2,1-4H3/t15-,16-,19+,20+/m0/s1. The summed E-state index contributed by atoms with van der Waals surface area (Å²) in [7, 11) is 0. The highest BCUT2D eigenvalue weighted by Crippen LogP contribution is 2.69. The number of hydrogen-bond donors (Lipinski definition) is 0. The van der Waals surface area contributed by atoms with E-state index in [2.05, 4.69) is 33.8 Å². The Labute approximate surface area is 134 Å². The lowest BCUT2D eigenvalue weighted by atomic mass is 9.44. The van der Waals surface area contributed by atoms with Gasteiger partial charge < -0.3 is 4.74 Å². The Balaban J connectivity index is 1.82. The quantitative estimate of drug-likeness (QED) is 0.509. The van der Waals surface area contributed by atoms with Gasteiger partial charge in [-0.1, -0.05) is 39.7 Å². The summed E-state index contributed by atoms with van der Waals surface area (Å²) in [6.07, 6.45) is 10.4. The van der Waals surface area contributed by atoms with E-state index in [1.54, 1.807) is 0 Å². The molecule has 2 saturated carbocycles. The SMILES string of the molecule is CC(C)C1=C[C@@]23CC[C@H]4C(C)(C)CCC[C@]4(C(=O)O2)[C@H]3CC1. The fourth-order valence-corrected chi connectivity index (χ4v) is 6.56. The summed E-state index contributed by atoms with van der Waals surface area (Å²) < 4.78 is 6.20. The lowest BCUT2D eigenvalue weighted by Crippen LogP contribution is -2.56. The van der Waals surface area contributed by atoms with Crippen molar-refractivity contribution in [1.29, 1.82) is 0 Å². The van der Waals surface area contributed by atoms with Gasteiger partial charge in [-0.2, -0.15) is 0 Å². The van der Waals surface area contributed by atoms with Crippen molar-refractivity contribution in [3.05, 3.63) is 11.6 Å². The van der Waals surface area contributed by atoms with Gasteiger partial charge in [-0.25, -0.2) is 0 Å². The molecule has 4 rings (SSSR count). The molecule has 2 nitrogen and oxygen atoms in total. The highest BCUT2D eigenvalue weighted by molar-refractivity contribution is 5.82. The van der Waals surface area contributed by atoms with E-state index >= 15 is 0 Å². The molecule has 0 aromatic heterocycles. The molecule has 4 aliphatic rings. The van der Waals surface area contributed by atoms with Gasteiger partial charge in [0.1, 0.15) is 5.60 Å². The van der Waals surface area contributed by atoms with Crippen molar-refractivity contribution in [2.24, 2.45) is 28.6 Å². The van der Waals surface area contributed by atoms with Crippen LogP contribution in [0.15, 0.2) is 11.6 Å². The van der Waals surface area contributed by atoms with E-state index < -0.39 is 0 Å². The average molecular weight is 302 g/mol. The van der Waals surface area contributed by atoms with Gasteiger partial charge in [-0.05, 0) is 61.9 Å². The van der Waals surface area contributed by atoms with Crippen LogP contribution in [0.2, 0.25) is 0 Å². The third kappa shape index (κ3) is 1.65. The van der Waals surface area contributed by atoms with Crippen molar-refractivity contribution >= 4 is 5.97 Å². The summed E-state index contributed by atoms with van der Waals surface area (Å²) in [5.41, 5.74) is 1.38. The van der Waals surface area contributed by atoms with Gasteiger partial charge in [0.05, 0.1) is 5.41 Å². The molecule has 22 heavy (non-hydrogen) atoms. The molecule has 1 heterocycles. The Kier molecular flexibility index (Phi) is 2.95. The first-order valence-electron chi connectivity index (χ1n) is 9.27. The van der Waals surface area contributed by atoms with Gasteiger partial charge in [0, 0.05) is 5.92 Å². The van der Waals surface area contributed by atoms with Crippen LogP contribution in [0, 0.1) is 28.6 Å². The zero-order chi connectivity index (χ0) is 15.8. The van der Waals surface area contributed by atoms with Gasteiger partial charge in [0.15, 0.2) is 0 Å². The molecular formula is C20H30O2. The number of esters is 1. The smallest absolute Gasteiger partial charge is 0.313 e. The lowest BCUT2D eigenvalue weighted by molar-refractivity contribution is -0.156. The third-order valence-electron chi connectivity index (χ3n) is 7.57. The van der Waals surface area contributed by atoms with Crippen LogP contribution in [0.25, 0.3) is 0 Å². The summed E-state index contributed by atoms with van der Waals surface area (Å²) in [5.74, 6) is 1.68. The molecule has 1 aliphatic heterocycles. The maximum Gasteiger partial charge on any atom is 0.313 e. The summed E-state index contributed by atoms with van der Waals surface area (Å²) >= 11 is 0. The van der Waals surface area contributed by atoms with E-state index in [4.69, 9.17) is 4.74 Å². The Morgan fingerprint density at radius 2 is 1.91 bits per heavy atom. The van der Waals surface area contributed by atoms with Gasteiger partial charge in [0.2, 0.25) is 0 Å². The minimum Gasteiger partial charge on any atom is -0.454 e. The zero-order valence-corrected chi connectivity index (χ0v) is 14.6. The number of hydrogen-bond acceptors (Lipinski definition) is 2. The van der Waals surface area contributed by atoms with Crippen LogP contribution in [-0.4, -0.2) is 11.6 Å². The van der Waals surface area contributed by atoms with Crippen LogP contribution in [0.1, 0.15) is 72.6 Å². The van der Waals surface area contributed by atoms with Gasteiger partial charge in [-0.15, -0.1) is 0 Å². The van der Waals surface area contributed by atoms with Gasteiger partial charge in [-0.3, -0.25) is 4.79 Å². The predicted octanol–water partition coefficient (Wildman–Crippen LogP) is 4.88. The molecule has 0 radical (unpaired) electrons. The second-order valence-corrected chi connectivity index (χ2v) is 9.28. The molecule has 0 amide bonds. The van der Waals surface area contributed by atoms with Crippen molar-refractivity contribution in [2.75, 3.05) is 0 Å². The first-order chi connectivity index (χ1) is 10.3. The molecule has 0 aromatic carbocycles. The Morgan fingerprint density at radius 1 is 1.14 bits per heavy atom. The maximum atomic E-state index is 13.1. The monoisotopic (exact) mass is 302 g/mol. The highest BCUT2D eigenvalue weighted by Gasteiger charge is 2.72. The second-order valence-electron chi connectivity index (χ2n) is 9.28. The summed E-state index contributed by atoms with van der Waals surface area (Å²) in [4.78, 5) is 13.1. The molecule has 0 N–H and O–H groups in total. The zero-order valence-electron chi connectivity index (χ0n) is 14.6. The van der Waals surface area contributed by atoms with E-state index in [0.29, 0.717) is 17.8 Å². The number of allylic oxidation sites excluding steroid dienone is 1. The van der Waals surface area contributed by atoms with Crippen molar-refractivity contribution in [2.45, 2.75) is 78.2 Å². The number of carbonyl (C=O) groups excluding carboxylic acids is 1. The van der Waals surface area contributed by atoms with E-state index in [1.165, 1.54) is 18.4 Å². The number of ether oxygens (including phenoxy) is 1. The molecular weight excluding hydrogens is 272 g/mol. The van der Waals surface area contributed by atoms with Crippen molar-refractivity contribution in [3.63, 3.8) is 0 Å². The molecule has 122 valence electrons. The lowest BCUT2D eigenvalue weighted by Gasteiger charge is -2.56. The molecule has 1 saturated heterocycles. The first kappa shape index (κ1) is 14.8. The molecule has 0 unspecified atom stereocenters. The average Bonchev–Trinajstić information content (AvgIpc) is 2.59. The summed E-state index contributed by atoms with van der Waals surface area (Å²) in [5, 5.41) is 0. The van der Waals surface area contributed by atoms with E-state index in [9.17, 15) is 4.79 Å². The van der Waals surface area contributed by atoms with E-state index in [1.807, 2.05) is 0 Å². The Hall–Kier alpha value is -0.790. The summed E-state index contributed by atoms with van der Waals surface area (Å²) in [6, 6.07) is 0. The van der Waals surface area contributed by atoms with Crippen LogP contribution < -0.4 is 0 Å². The van der Waals surface area contributed by atoms with Crippen molar-refractivity contribution < 1.29 is 9.53 Å².